The monoisotopic (exact) mass is 312 g/mol. The van der Waals surface area contributed by atoms with Crippen LogP contribution in [0.2, 0.25) is 0 Å². The molecule has 0 saturated heterocycles. The molecule has 0 bridgehead atoms. The van der Waals surface area contributed by atoms with Crippen LogP contribution in [-0.2, 0) is 4.79 Å². The molecule has 1 heterocycles. The van der Waals surface area contributed by atoms with Crippen LogP contribution in [0.25, 0.3) is 0 Å². The van der Waals surface area contributed by atoms with Crippen molar-refractivity contribution in [2.75, 3.05) is 11.6 Å². The summed E-state index contributed by atoms with van der Waals surface area (Å²) in [6, 6.07) is 11.8. The lowest BCUT2D eigenvalue weighted by atomic mass is 10.1. The first-order valence-corrected chi connectivity index (χ1v) is 6.98. The number of benzene rings is 2. The molecule has 116 valence electrons. The first-order chi connectivity index (χ1) is 11.0. The van der Waals surface area contributed by atoms with E-state index in [0.717, 1.165) is 4.90 Å². The molecule has 0 radical (unpaired) electrons. The maximum absolute atomic E-state index is 13.0. The summed E-state index contributed by atoms with van der Waals surface area (Å²) in [7, 11) is 0. The third-order valence-corrected chi connectivity index (χ3v) is 3.68. The van der Waals surface area contributed by atoms with E-state index in [4.69, 9.17) is 0 Å². The van der Waals surface area contributed by atoms with Gasteiger partial charge in [-0.05, 0) is 36.4 Å². The highest BCUT2D eigenvalue weighted by Gasteiger charge is 2.36. The first-order valence-electron chi connectivity index (χ1n) is 6.98. The van der Waals surface area contributed by atoms with Crippen molar-refractivity contribution in [2.45, 2.75) is 6.92 Å². The van der Waals surface area contributed by atoms with E-state index in [1.165, 1.54) is 36.1 Å². The van der Waals surface area contributed by atoms with Gasteiger partial charge in [-0.15, -0.1) is 0 Å². The van der Waals surface area contributed by atoms with Gasteiger partial charge in [0.1, 0.15) is 12.5 Å². The Balaban J connectivity index is 1.90. The molecule has 1 aliphatic heterocycles. The summed E-state index contributed by atoms with van der Waals surface area (Å²) in [6.07, 6.45) is 0. The van der Waals surface area contributed by atoms with Crippen molar-refractivity contribution in [3.63, 3.8) is 0 Å². The van der Waals surface area contributed by atoms with Gasteiger partial charge in [0, 0.05) is 12.6 Å². The fourth-order valence-corrected chi connectivity index (χ4v) is 2.49. The van der Waals surface area contributed by atoms with E-state index >= 15 is 0 Å². The highest BCUT2D eigenvalue weighted by atomic mass is 19.1. The summed E-state index contributed by atoms with van der Waals surface area (Å²) in [6.45, 7) is 1.11. The second kappa shape index (κ2) is 5.64. The van der Waals surface area contributed by atoms with Gasteiger partial charge < -0.3 is 0 Å². The van der Waals surface area contributed by atoms with Gasteiger partial charge in [-0.2, -0.15) is 0 Å². The van der Waals surface area contributed by atoms with Crippen LogP contribution >= 0.6 is 0 Å². The Labute approximate surface area is 131 Å². The van der Waals surface area contributed by atoms with E-state index in [1.54, 1.807) is 24.3 Å². The Morgan fingerprint density at radius 2 is 1.52 bits per heavy atom. The topological polar surface area (TPSA) is 57.7 Å². The second-order valence-corrected chi connectivity index (χ2v) is 5.15. The summed E-state index contributed by atoms with van der Waals surface area (Å²) < 4.78 is 13.0. The van der Waals surface area contributed by atoms with Gasteiger partial charge in [-0.3, -0.25) is 24.2 Å². The standard InChI is InChI=1S/C17H13FN2O3/c1-11(21)19(13-8-6-12(18)7-9-13)10-20-16(22)14-4-2-3-5-15(14)17(20)23/h2-9H,10H2,1H3. The molecule has 3 amide bonds. The Morgan fingerprint density at radius 1 is 1.00 bits per heavy atom. The third kappa shape index (κ3) is 2.59. The molecule has 0 spiro atoms. The summed E-state index contributed by atoms with van der Waals surface area (Å²) in [4.78, 5) is 38.9. The molecule has 0 aliphatic carbocycles. The van der Waals surface area contributed by atoms with E-state index in [0.29, 0.717) is 16.8 Å². The van der Waals surface area contributed by atoms with Gasteiger partial charge in [0.05, 0.1) is 11.1 Å². The van der Waals surface area contributed by atoms with E-state index < -0.39 is 17.6 Å². The van der Waals surface area contributed by atoms with Crippen LogP contribution < -0.4 is 4.90 Å². The number of nitrogens with zero attached hydrogens (tertiary/aromatic N) is 2. The zero-order chi connectivity index (χ0) is 16.6. The molecule has 0 unspecified atom stereocenters. The fourth-order valence-electron chi connectivity index (χ4n) is 2.49. The highest BCUT2D eigenvalue weighted by Crippen LogP contribution is 2.24. The molecule has 2 aromatic rings. The second-order valence-electron chi connectivity index (χ2n) is 5.15. The smallest absolute Gasteiger partial charge is 0.263 e. The summed E-state index contributed by atoms with van der Waals surface area (Å²) in [5, 5.41) is 0. The van der Waals surface area contributed by atoms with Crippen LogP contribution in [-0.4, -0.2) is 29.3 Å². The first kappa shape index (κ1) is 14.9. The SMILES string of the molecule is CC(=O)N(CN1C(=O)c2ccccc2C1=O)c1ccc(F)cc1. The fraction of sp³-hybridized carbons (Fsp3) is 0.118. The van der Waals surface area contributed by atoms with E-state index in [2.05, 4.69) is 0 Å². The van der Waals surface area contributed by atoms with Crippen molar-refractivity contribution < 1.29 is 18.8 Å². The molecule has 0 aromatic heterocycles. The molecule has 3 rings (SSSR count). The minimum absolute atomic E-state index is 0.215. The largest absolute Gasteiger partial charge is 0.294 e. The number of hydrogen-bond acceptors (Lipinski definition) is 3. The van der Waals surface area contributed by atoms with Crippen molar-refractivity contribution in [1.82, 2.24) is 4.90 Å². The number of hydrogen-bond donors (Lipinski definition) is 0. The van der Waals surface area contributed by atoms with Crippen molar-refractivity contribution >= 4 is 23.4 Å². The number of amides is 3. The maximum atomic E-state index is 13.0. The number of fused-ring (bicyclic) bond motifs is 1. The van der Waals surface area contributed by atoms with Crippen LogP contribution in [0.3, 0.4) is 0 Å². The minimum atomic E-state index is -0.445. The number of imide groups is 1. The Hall–Kier alpha value is -3.02. The molecule has 0 atom stereocenters. The average molecular weight is 312 g/mol. The van der Waals surface area contributed by atoms with Gasteiger partial charge in [0.2, 0.25) is 5.91 Å². The van der Waals surface area contributed by atoms with Crippen molar-refractivity contribution in [3.8, 4) is 0 Å². The average Bonchev–Trinajstić information content (AvgIpc) is 2.78. The van der Waals surface area contributed by atoms with Gasteiger partial charge in [0.25, 0.3) is 11.8 Å². The van der Waals surface area contributed by atoms with Crippen LogP contribution in [0.15, 0.2) is 48.5 Å². The number of carbonyl (C=O) groups is 3. The molecule has 0 saturated carbocycles. The normalized spacial score (nSPS) is 13.2. The number of rotatable bonds is 3. The molecule has 5 nitrogen and oxygen atoms in total. The zero-order valence-corrected chi connectivity index (χ0v) is 12.3. The Morgan fingerprint density at radius 3 is 2.00 bits per heavy atom. The quantitative estimate of drug-likeness (QED) is 0.818. The van der Waals surface area contributed by atoms with Gasteiger partial charge >= 0.3 is 0 Å². The van der Waals surface area contributed by atoms with E-state index in [9.17, 15) is 18.8 Å². The molecule has 0 fully saturated rings. The molecule has 1 aliphatic rings. The number of anilines is 1. The summed E-state index contributed by atoms with van der Waals surface area (Å²) in [5.74, 6) is -1.68. The predicted octanol–water partition coefficient (Wildman–Crippen LogP) is 2.43. The van der Waals surface area contributed by atoms with Gasteiger partial charge in [-0.1, -0.05) is 12.1 Å². The molecular formula is C17H13FN2O3. The van der Waals surface area contributed by atoms with Crippen molar-refractivity contribution in [3.05, 3.63) is 65.5 Å². The Bertz CT molecular complexity index is 767. The zero-order valence-electron chi connectivity index (χ0n) is 12.3. The minimum Gasteiger partial charge on any atom is -0.294 e. The molecule has 0 N–H and O–H groups in total. The number of halogens is 1. The van der Waals surface area contributed by atoms with E-state index in [-0.39, 0.29) is 12.6 Å². The Kier molecular flexibility index (Phi) is 3.65. The number of carbonyl (C=O) groups excluding carboxylic acids is 3. The van der Waals surface area contributed by atoms with E-state index in [1.807, 2.05) is 0 Å². The summed E-state index contributed by atoms with van der Waals surface area (Å²) in [5.41, 5.74) is 1.05. The van der Waals surface area contributed by atoms with Gasteiger partial charge in [0.15, 0.2) is 0 Å². The van der Waals surface area contributed by atoms with Crippen LogP contribution in [0.5, 0.6) is 0 Å². The lowest BCUT2D eigenvalue weighted by Gasteiger charge is -2.25. The highest BCUT2D eigenvalue weighted by molar-refractivity contribution is 6.21. The molecule has 6 heteroatoms. The lowest BCUT2D eigenvalue weighted by molar-refractivity contribution is -0.116. The predicted molar refractivity (Wildman–Crippen MR) is 81.4 cm³/mol. The van der Waals surface area contributed by atoms with Crippen LogP contribution in [0, 0.1) is 5.82 Å². The maximum Gasteiger partial charge on any atom is 0.263 e. The molecule has 2 aromatic carbocycles. The van der Waals surface area contributed by atoms with Crippen molar-refractivity contribution in [1.29, 1.82) is 0 Å². The van der Waals surface area contributed by atoms with Gasteiger partial charge in [-0.25, -0.2) is 4.39 Å². The summed E-state index contributed by atoms with van der Waals surface area (Å²) >= 11 is 0. The van der Waals surface area contributed by atoms with Crippen LogP contribution in [0.4, 0.5) is 10.1 Å². The lowest BCUT2D eigenvalue weighted by Crippen LogP contribution is -2.43. The van der Waals surface area contributed by atoms with Crippen molar-refractivity contribution in [2.24, 2.45) is 0 Å². The molecule has 23 heavy (non-hydrogen) atoms. The van der Waals surface area contributed by atoms with Crippen LogP contribution in [0.1, 0.15) is 27.6 Å². The molecular weight excluding hydrogens is 299 g/mol. The third-order valence-electron chi connectivity index (χ3n) is 3.68.